The number of rotatable bonds is 2. The largest absolute Gasteiger partial charge is 0.361 e. The van der Waals surface area contributed by atoms with E-state index >= 15 is 0 Å². The summed E-state index contributed by atoms with van der Waals surface area (Å²) in [5.74, 6) is 1.94. The Hall–Kier alpha value is -1.36. The van der Waals surface area contributed by atoms with Gasteiger partial charge in [-0.1, -0.05) is 5.16 Å². The van der Waals surface area contributed by atoms with Crippen LogP contribution in [0.2, 0.25) is 0 Å². The summed E-state index contributed by atoms with van der Waals surface area (Å²) >= 11 is 0. The van der Waals surface area contributed by atoms with Crippen molar-refractivity contribution in [2.75, 3.05) is 26.7 Å². The van der Waals surface area contributed by atoms with E-state index in [2.05, 4.69) is 10.1 Å². The lowest BCUT2D eigenvalue weighted by molar-refractivity contribution is -0.137. The summed E-state index contributed by atoms with van der Waals surface area (Å²) in [5, 5.41) is 4.00. The van der Waals surface area contributed by atoms with Gasteiger partial charge in [-0.3, -0.25) is 9.69 Å². The van der Waals surface area contributed by atoms with Crippen molar-refractivity contribution in [3.63, 3.8) is 0 Å². The van der Waals surface area contributed by atoms with Crippen molar-refractivity contribution in [3.8, 4) is 0 Å². The molecule has 2 atom stereocenters. The molecule has 0 radical (unpaired) electrons. The van der Waals surface area contributed by atoms with E-state index in [1.165, 1.54) is 5.56 Å². The van der Waals surface area contributed by atoms with Gasteiger partial charge >= 0.3 is 0 Å². The van der Waals surface area contributed by atoms with Gasteiger partial charge in [0, 0.05) is 38.8 Å². The number of hydrogen-bond donors (Lipinski definition) is 0. The average molecular weight is 263 g/mol. The summed E-state index contributed by atoms with van der Waals surface area (Å²) in [4.78, 5) is 16.4. The normalized spacial score (nSPS) is 27.9. The Morgan fingerprint density at radius 2 is 2.16 bits per heavy atom. The molecule has 19 heavy (non-hydrogen) atoms. The molecular formula is C14H21N3O2. The Bertz CT molecular complexity index is 477. The maximum atomic E-state index is 12.2. The highest BCUT2D eigenvalue weighted by molar-refractivity contribution is 5.80. The molecule has 2 fully saturated rings. The minimum Gasteiger partial charge on any atom is -0.361 e. The molecule has 2 aliphatic rings. The van der Waals surface area contributed by atoms with Crippen LogP contribution in [0, 0.1) is 25.7 Å². The molecule has 5 nitrogen and oxygen atoms in total. The van der Waals surface area contributed by atoms with Crippen LogP contribution < -0.4 is 0 Å². The van der Waals surface area contributed by atoms with Crippen LogP contribution in [0.25, 0.3) is 0 Å². The van der Waals surface area contributed by atoms with Crippen molar-refractivity contribution in [3.05, 3.63) is 17.0 Å². The van der Waals surface area contributed by atoms with E-state index < -0.39 is 0 Å². The number of aryl methyl sites for hydroxylation is 2. The summed E-state index contributed by atoms with van der Waals surface area (Å²) in [7, 11) is 1.91. The first-order chi connectivity index (χ1) is 9.06. The highest BCUT2D eigenvalue weighted by Crippen LogP contribution is 2.32. The summed E-state index contributed by atoms with van der Waals surface area (Å²) in [6.07, 6.45) is 1.13. The molecule has 3 heterocycles. The third-order valence-electron chi connectivity index (χ3n) is 4.61. The Balaban J connectivity index is 1.71. The van der Waals surface area contributed by atoms with Crippen LogP contribution in [-0.2, 0) is 11.3 Å². The van der Waals surface area contributed by atoms with Crippen LogP contribution in [0.3, 0.4) is 0 Å². The Labute approximate surface area is 113 Å². The number of hydrogen-bond acceptors (Lipinski definition) is 4. The maximum absolute atomic E-state index is 12.2. The van der Waals surface area contributed by atoms with Gasteiger partial charge < -0.3 is 9.42 Å². The fourth-order valence-electron chi connectivity index (χ4n) is 3.37. The standard InChI is InChI=1S/C14H21N3O2/c1-9-12(10(2)19-15-9)7-17-6-11-4-5-16(3)14(18)13(11)8-17/h11,13H,4-8H2,1-3H3/t11-,13+/m1/s1. The van der Waals surface area contributed by atoms with Gasteiger partial charge in [-0.2, -0.15) is 0 Å². The quantitative estimate of drug-likeness (QED) is 0.804. The second-order valence-electron chi connectivity index (χ2n) is 5.91. The predicted octanol–water partition coefficient (Wildman–Crippen LogP) is 1.20. The predicted molar refractivity (Wildman–Crippen MR) is 70.5 cm³/mol. The van der Waals surface area contributed by atoms with Gasteiger partial charge in [0.1, 0.15) is 5.76 Å². The molecule has 0 N–H and O–H groups in total. The number of piperidine rings is 1. The average Bonchev–Trinajstić information content (AvgIpc) is 2.93. The van der Waals surface area contributed by atoms with Gasteiger partial charge in [0.05, 0.1) is 11.6 Å². The van der Waals surface area contributed by atoms with Gasteiger partial charge in [-0.05, 0) is 26.2 Å². The van der Waals surface area contributed by atoms with Gasteiger partial charge in [-0.25, -0.2) is 0 Å². The fraction of sp³-hybridized carbons (Fsp3) is 0.714. The van der Waals surface area contributed by atoms with Gasteiger partial charge in [0.2, 0.25) is 5.91 Å². The van der Waals surface area contributed by atoms with Crippen LogP contribution in [0.5, 0.6) is 0 Å². The third-order valence-corrected chi connectivity index (χ3v) is 4.61. The number of nitrogens with zero attached hydrogens (tertiary/aromatic N) is 3. The van der Waals surface area contributed by atoms with Crippen molar-refractivity contribution in [2.24, 2.45) is 11.8 Å². The highest BCUT2D eigenvalue weighted by Gasteiger charge is 2.41. The highest BCUT2D eigenvalue weighted by atomic mass is 16.5. The molecule has 0 unspecified atom stereocenters. The lowest BCUT2D eigenvalue weighted by Gasteiger charge is -2.30. The van der Waals surface area contributed by atoms with E-state index in [9.17, 15) is 4.79 Å². The summed E-state index contributed by atoms with van der Waals surface area (Å²) in [6, 6.07) is 0. The molecule has 5 heteroatoms. The van der Waals surface area contributed by atoms with Gasteiger partial charge in [-0.15, -0.1) is 0 Å². The van der Waals surface area contributed by atoms with Gasteiger partial charge in [0.25, 0.3) is 0 Å². The van der Waals surface area contributed by atoms with Crippen LogP contribution in [0.4, 0.5) is 0 Å². The Morgan fingerprint density at radius 1 is 1.37 bits per heavy atom. The van der Waals surface area contributed by atoms with Crippen LogP contribution in [-0.4, -0.2) is 47.5 Å². The monoisotopic (exact) mass is 263 g/mol. The minimum atomic E-state index is 0.194. The van der Waals surface area contributed by atoms with Crippen LogP contribution in [0.1, 0.15) is 23.4 Å². The number of amides is 1. The van der Waals surface area contributed by atoms with E-state index in [4.69, 9.17) is 4.52 Å². The molecule has 2 aliphatic heterocycles. The number of aromatic nitrogens is 1. The molecular weight excluding hydrogens is 242 g/mol. The third kappa shape index (κ3) is 2.16. The molecule has 2 saturated heterocycles. The molecule has 104 valence electrons. The summed E-state index contributed by atoms with van der Waals surface area (Å²) in [5.41, 5.74) is 2.15. The van der Waals surface area contributed by atoms with Gasteiger partial charge in [0.15, 0.2) is 0 Å². The number of likely N-dealkylation sites (tertiary alicyclic amines) is 2. The fourth-order valence-corrected chi connectivity index (χ4v) is 3.37. The first kappa shape index (κ1) is 12.7. The van der Waals surface area contributed by atoms with E-state index in [0.717, 1.165) is 44.1 Å². The lowest BCUT2D eigenvalue weighted by Crippen LogP contribution is -2.42. The van der Waals surface area contributed by atoms with Crippen molar-refractivity contribution >= 4 is 5.91 Å². The zero-order valence-corrected chi connectivity index (χ0v) is 11.8. The second kappa shape index (κ2) is 4.63. The maximum Gasteiger partial charge on any atom is 0.227 e. The summed E-state index contributed by atoms with van der Waals surface area (Å²) < 4.78 is 5.21. The zero-order valence-electron chi connectivity index (χ0n) is 11.8. The number of carbonyl (C=O) groups is 1. The number of fused-ring (bicyclic) bond motifs is 1. The van der Waals surface area contributed by atoms with Crippen molar-refractivity contribution < 1.29 is 9.32 Å². The second-order valence-corrected chi connectivity index (χ2v) is 5.91. The van der Waals surface area contributed by atoms with E-state index in [1.54, 1.807) is 0 Å². The molecule has 0 aromatic carbocycles. The topological polar surface area (TPSA) is 49.6 Å². The molecule has 1 aromatic heterocycles. The van der Waals surface area contributed by atoms with E-state index in [0.29, 0.717) is 11.8 Å². The molecule has 1 amide bonds. The Morgan fingerprint density at radius 3 is 2.84 bits per heavy atom. The van der Waals surface area contributed by atoms with Crippen molar-refractivity contribution in [1.29, 1.82) is 0 Å². The number of carbonyl (C=O) groups excluding carboxylic acids is 1. The van der Waals surface area contributed by atoms with E-state index in [1.807, 2.05) is 25.8 Å². The van der Waals surface area contributed by atoms with Crippen LogP contribution >= 0.6 is 0 Å². The van der Waals surface area contributed by atoms with Crippen molar-refractivity contribution in [1.82, 2.24) is 15.0 Å². The van der Waals surface area contributed by atoms with Crippen molar-refractivity contribution in [2.45, 2.75) is 26.8 Å². The molecule has 0 bridgehead atoms. The molecule has 3 rings (SSSR count). The molecule has 0 aliphatic carbocycles. The lowest BCUT2D eigenvalue weighted by atomic mass is 9.88. The molecule has 1 aromatic rings. The van der Waals surface area contributed by atoms with E-state index in [-0.39, 0.29) is 5.92 Å². The minimum absolute atomic E-state index is 0.194. The summed E-state index contributed by atoms with van der Waals surface area (Å²) in [6.45, 7) is 7.59. The smallest absolute Gasteiger partial charge is 0.227 e. The molecule has 0 spiro atoms. The van der Waals surface area contributed by atoms with Crippen LogP contribution in [0.15, 0.2) is 4.52 Å². The first-order valence-electron chi connectivity index (χ1n) is 6.95. The SMILES string of the molecule is Cc1noc(C)c1CN1C[C@H]2CCN(C)C(=O)[C@H]2C1. The molecule has 0 saturated carbocycles. The first-order valence-corrected chi connectivity index (χ1v) is 6.95. The Kier molecular flexibility index (Phi) is 3.09. The zero-order chi connectivity index (χ0) is 13.6.